The van der Waals surface area contributed by atoms with Crippen LogP contribution in [0.15, 0.2) is 23.3 Å². The zero-order valence-corrected chi connectivity index (χ0v) is 7.68. The molecule has 2 rings (SSSR count). The molecular formula is C9H12FN3. The number of allylic oxidation sites excluding steroid dienone is 1. The minimum absolute atomic E-state index is 0.400. The summed E-state index contributed by atoms with van der Waals surface area (Å²) in [6, 6.07) is 1.89. The second-order valence-corrected chi connectivity index (χ2v) is 2.61. The zero-order valence-electron chi connectivity index (χ0n) is 7.68. The molecule has 0 radical (unpaired) electrons. The molecule has 0 aliphatic carbocycles. The van der Waals surface area contributed by atoms with E-state index in [0.717, 1.165) is 5.82 Å². The molecule has 4 heteroatoms. The number of aliphatic imine (C=N–C) groups is 1. The van der Waals surface area contributed by atoms with Crippen LogP contribution in [-0.2, 0) is 0 Å². The highest BCUT2D eigenvalue weighted by molar-refractivity contribution is 5.69. The predicted octanol–water partition coefficient (Wildman–Crippen LogP) is 2.29. The normalized spacial score (nSPS) is 18.5. The van der Waals surface area contributed by atoms with Crippen LogP contribution in [0.4, 0.5) is 10.2 Å². The number of hydrogen-bond donors (Lipinski definition) is 0. The Morgan fingerprint density at radius 1 is 1.46 bits per heavy atom. The van der Waals surface area contributed by atoms with Crippen molar-refractivity contribution in [2.75, 3.05) is 7.18 Å². The second kappa shape index (κ2) is 4.54. The van der Waals surface area contributed by atoms with Gasteiger partial charge in [0.25, 0.3) is 0 Å². The van der Waals surface area contributed by atoms with Gasteiger partial charge < -0.3 is 0 Å². The van der Waals surface area contributed by atoms with Gasteiger partial charge in [-0.25, -0.2) is 9.67 Å². The molecule has 0 saturated carbocycles. The van der Waals surface area contributed by atoms with Crippen molar-refractivity contribution in [3.05, 3.63) is 18.3 Å². The summed E-state index contributed by atoms with van der Waals surface area (Å²) in [5.74, 6) is 1.29. The Balaban J connectivity index is 0.000000396. The zero-order chi connectivity index (χ0) is 9.68. The molecular weight excluding hydrogens is 169 g/mol. The Morgan fingerprint density at radius 3 is 3.00 bits per heavy atom. The number of halogens is 1. The summed E-state index contributed by atoms with van der Waals surface area (Å²) in [4.78, 5) is 4.24. The van der Waals surface area contributed by atoms with Crippen molar-refractivity contribution < 1.29 is 4.39 Å². The van der Waals surface area contributed by atoms with Crippen LogP contribution >= 0.6 is 0 Å². The first-order valence-electron chi connectivity index (χ1n) is 4.00. The lowest BCUT2D eigenvalue weighted by Crippen LogP contribution is -1.87. The Bertz CT molecular complexity index is 286. The number of hydrogen-bond acceptors (Lipinski definition) is 2. The molecule has 0 N–H and O–H groups in total. The van der Waals surface area contributed by atoms with Gasteiger partial charge in [0.05, 0.1) is 13.4 Å². The fourth-order valence-corrected chi connectivity index (χ4v) is 0.985. The average molecular weight is 181 g/mol. The Morgan fingerprint density at radius 2 is 2.23 bits per heavy atom. The average Bonchev–Trinajstić information content (AvgIpc) is 2.56. The molecule has 0 saturated heterocycles. The number of fused-ring (bicyclic) bond motifs is 1. The molecule has 3 nitrogen and oxygen atoms in total. The van der Waals surface area contributed by atoms with Crippen molar-refractivity contribution in [3.8, 4) is 0 Å². The number of alkyl halides is 1. The quantitative estimate of drug-likeness (QED) is 0.604. The van der Waals surface area contributed by atoms with Gasteiger partial charge in [-0.05, 0) is 0 Å². The van der Waals surface area contributed by atoms with Crippen LogP contribution < -0.4 is 0 Å². The lowest BCUT2D eigenvalue weighted by atomic mass is 10.2. The SMILES string of the molecule is CC1C=Cn2nccc2N=C1.CF. The van der Waals surface area contributed by atoms with E-state index in [0.29, 0.717) is 13.1 Å². The summed E-state index contributed by atoms with van der Waals surface area (Å²) < 4.78 is 11.3. The van der Waals surface area contributed by atoms with E-state index in [9.17, 15) is 4.39 Å². The highest BCUT2D eigenvalue weighted by Crippen LogP contribution is 2.14. The monoisotopic (exact) mass is 181 g/mol. The summed E-state index contributed by atoms with van der Waals surface area (Å²) in [6.07, 6.45) is 7.66. The molecule has 1 unspecified atom stereocenters. The van der Waals surface area contributed by atoms with Gasteiger partial charge >= 0.3 is 0 Å². The Kier molecular flexibility index (Phi) is 3.37. The first-order chi connectivity index (χ1) is 6.36. The molecule has 1 aromatic rings. The maximum atomic E-state index is 9.50. The Hall–Kier alpha value is -1.45. The highest BCUT2D eigenvalue weighted by atomic mass is 19.1. The first kappa shape index (κ1) is 9.64. The van der Waals surface area contributed by atoms with E-state index in [1.165, 1.54) is 0 Å². The standard InChI is InChI=1S/C8H9N3.CH3F/c1-7-3-5-11-8(9-6-7)2-4-10-11;1-2/h2-7H,1H3;1H3. The van der Waals surface area contributed by atoms with Gasteiger partial charge in [-0.15, -0.1) is 0 Å². The van der Waals surface area contributed by atoms with Crippen molar-refractivity contribution in [3.63, 3.8) is 0 Å². The number of rotatable bonds is 0. The summed E-state index contributed by atoms with van der Waals surface area (Å²) in [6.45, 7) is 2.09. The second-order valence-electron chi connectivity index (χ2n) is 2.61. The van der Waals surface area contributed by atoms with Gasteiger partial charge in [-0.3, -0.25) is 4.39 Å². The van der Waals surface area contributed by atoms with Crippen LogP contribution in [0.25, 0.3) is 6.20 Å². The highest BCUT2D eigenvalue weighted by Gasteiger charge is 2.01. The Labute approximate surface area is 76.6 Å². The lowest BCUT2D eigenvalue weighted by Gasteiger charge is -1.90. The van der Waals surface area contributed by atoms with Crippen LogP contribution in [0, 0.1) is 5.92 Å². The summed E-state index contributed by atoms with van der Waals surface area (Å²) in [5, 5.41) is 4.07. The van der Waals surface area contributed by atoms with Crippen LogP contribution in [-0.4, -0.2) is 23.2 Å². The van der Waals surface area contributed by atoms with Crippen molar-refractivity contribution in [2.24, 2.45) is 10.9 Å². The fraction of sp³-hybridized carbons (Fsp3) is 0.333. The molecule has 0 fully saturated rings. The minimum Gasteiger partial charge on any atom is -0.255 e. The van der Waals surface area contributed by atoms with E-state index in [1.54, 1.807) is 10.9 Å². The summed E-state index contributed by atoms with van der Waals surface area (Å²) >= 11 is 0. The predicted molar refractivity (Wildman–Crippen MR) is 51.9 cm³/mol. The van der Waals surface area contributed by atoms with Crippen molar-refractivity contribution in [1.82, 2.24) is 9.78 Å². The maximum absolute atomic E-state index is 9.50. The molecule has 1 aromatic heterocycles. The summed E-state index contributed by atoms with van der Waals surface area (Å²) in [7, 11) is 0.500. The molecule has 1 atom stereocenters. The van der Waals surface area contributed by atoms with E-state index in [-0.39, 0.29) is 0 Å². The van der Waals surface area contributed by atoms with Gasteiger partial charge in [0.2, 0.25) is 0 Å². The molecule has 70 valence electrons. The molecule has 2 heterocycles. The third-order valence-corrected chi connectivity index (χ3v) is 1.62. The van der Waals surface area contributed by atoms with E-state index in [1.807, 2.05) is 18.5 Å². The van der Waals surface area contributed by atoms with E-state index in [2.05, 4.69) is 23.1 Å². The smallest absolute Gasteiger partial charge is 0.154 e. The van der Waals surface area contributed by atoms with Gasteiger partial charge in [0.15, 0.2) is 5.82 Å². The van der Waals surface area contributed by atoms with Crippen molar-refractivity contribution in [1.29, 1.82) is 0 Å². The fourth-order valence-electron chi connectivity index (χ4n) is 0.985. The molecule has 0 aromatic carbocycles. The van der Waals surface area contributed by atoms with Gasteiger partial charge in [-0.1, -0.05) is 13.0 Å². The maximum Gasteiger partial charge on any atom is 0.154 e. The van der Waals surface area contributed by atoms with Crippen LogP contribution in [0.1, 0.15) is 6.92 Å². The molecule has 0 bridgehead atoms. The van der Waals surface area contributed by atoms with Crippen LogP contribution in [0.3, 0.4) is 0 Å². The molecule has 1 aliphatic heterocycles. The topological polar surface area (TPSA) is 30.2 Å². The van der Waals surface area contributed by atoms with Gasteiger partial charge in [0.1, 0.15) is 0 Å². The third-order valence-electron chi connectivity index (χ3n) is 1.62. The van der Waals surface area contributed by atoms with Gasteiger partial charge in [-0.2, -0.15) is 5.10 Å². The number of nitrogens with zero attached hydrogens (tertiary/aromatic N) is 3. The van der Waals surface area contributed by atoms with Crippen LogP contribution in [0.2, 0.25) is 0 Å². The minimum atomic E-state index is 0.400. The van der Waals surface area contributed by atoms with Crippen molar-refractivity contribution >= 4 is 18.2 Å². The van der Waals surface area contributed by atoms with E-state index < -0.39 is 0 Å². The van der Waals surface area contributed by atoms with E-state index in [4.69, 9.17) is 0 Å². The molecule has 13 heavy (non-hydrogen) atoms. The lowest BCUT2D eigenvalue weighted by molar-refractivity contribution is 0.636. The van der Waals surface area contributed by atoms with Gasteiger partial charge in [0, 0.05) is 24.4 Å². The van der Waals surface area contributed by atoms with E-state index >= 15 is 0 Å². The van der Waals surface area contributed by atoms with Crippen LogP contribution in [0.5, 0.6) is 0 Å². The van der Waals surface area contributed by atoms with Crippen molar-refractivity contribution in [2.45, 2.75) is 6.92 Å². The number of aromatic nitrogens is 2. The third kappa shape index (κ3) is 2.24. The largest absolute Gasteiger partial charge is 0.255 e. The molecule has 1 aliphatic rings. The first-order valence-corrected chi connectivity index (χ1v) is 4.00. The summed E-state index contributed by atoms with van der Waals surface area (Å²) in [5.41, 5.74) is 0. The molecule has 0 spiro atoms. The molecule has 0 amide bonds.